The molecule has 0 N–H and O–H groups in total. The molecule has 0 aliphatic rings. The van der Waals surface area contributed by atoms with E-state index in [1.807, 2.05) is 0 Å². The maximum absolute atomic E-state index is 13.8. The van der Waals surface area contributed by atoms with Gasteiger partial charge < -0.3 is 0 Å². The number of nitrogens with zero attached hydrogens (tertiary/aromatic N) is 2. The molecule has 0 saturated heterocycles. The molecule has 94 valence electrons. The summed E-state index contributed by atoms with van der Waals surface area (Å²) in [5.74, 6) is -6.70. The molecule has 1 aromatic carbocycles. The number of hydrogen-bond acceptors (Lipinski definition) is 2. The van der Waals surface area contributed by atoms with Crippen molar-refractivity contribution in [2.24, 2.45) is 0 Å². The van der Waals surface area contributed by atoms with E-state index < -0.39 is 40.7 Å². The molecule has 0 aromatic heterocycles. The van der Waals surface area contributed by atoms with E-state index in [2.05, 4.69) is 0 Å². The van der Waals surface area contributed by atoms with Gasteiger partial charge in [-0.3, -0.25) is 0 Å². The van der Waals surface area contributed by atoms with Gasteiger partial charge >= 0.3 is 0 Å². The molecule has 1 aromatic rings. The van der Waals surface area contributed by atoms with Crippen molar-refractivity contribution >= 4 is 0 Å². The quantitative estimate of drug-likeness (QED) is 0.762. The summed E-state index contributed by atoms with van der Waals surface area (Å²) in [6.45, 7) is 1.46. The molecule has 0 aliphatic carbocycles. The van der Waals surface area contributed by atoms with E-state index in [-0.39, 0.29) is 5.56 Å². The van der Waals surface area contributed by atoms with Gasteiger partial charge in [0.2, 0.25) is 0 Å². The van der Waals surface area contributed by atoms with Crippen LogP contribution in [-0.4, -0.2) is 0 Å². The van der Waals surface area contributed by atoms with Crippen LogP contribution in [0.5, 0.6) is 0 Å². The van der Waals surface area contributed by atoms with Crippen molar-refractivity contribution in [1.82, 2.24) is 0 Å². The van der Waals surface area contributed by atoms with Crippen LogP contribution in [0.15, 0.2) is 0 Å². The topological polar surface area (TPSA) is 47.6 Å². The lowest BCUT2D eigenvalue weighted by Crippen LogP contribution is -2.17. The summed E-state index contributed by atoms with van der Waals surface area (Å²) in [6, 6.07) is 3.10. The maximum atomic E-state index is 13.8. The van der Waals surface area contributed by atoms with Crippen LogP contribution in [0.25, 0.3) is 0 Å². The van der Waals surface area contributed by atoms with Gasteiger partial charge in [-0.05, 0) is 6.92 Å². The summed E-state index contributed by atoms with van der Waals surface area (Å²) in [7, 11) is 0. The molecule has 18 heavy (non-hydrogen) atoms. The first-order chi connectivity index (χ1) is 8.25. The Morgan fingerprint density at radius 2 is 1.72 bits per heavy atom. The van der Waals surface area contributed by atoms with Gasteiger partial charge in [0.15, 0.2) is 0 Å². The fourth-order valence-electron chi connectivity index (χ4n) is 1.66. The molecule has 1 rings (SSSR count). The van der Waals surface area contributed by atoms with Gasteiger partial charge in [-0.15, -0.1) is 0 Å². The predicted octanol–water partition coefficient (Wildman–Crippen LogP) is 3.32. The summed E-state index contributed by atoms with van der Waals surface area (Å²) in [4.78, 5) is 0. The summed E-state index contributed by atoms with van der Waals surface area (Å²) in [5, 5.41) is 17.3. The molecule has 0 aliphatic heterocycles. The third-order valence-electron chi connectivity index (χ3n) is 2.52. The predicted molar refractivity (Wildman–Crippen MR) is 54.7 cm³/mol. The first kappa shape index (κ1) is 14.0. The average Bonchev–Trinajstić information content (AvgIpc) is 2.25. The molecular weight excluding hydrogens is 248 g/mol. The highest BCUT2D eigenvalue weighted by Crippen LogP contribution is 2.36. The van der Waals surface area contributed by atoms with Gasteiger partial charge in [0.25, 0.3) is 5.92 Å². The SMILES string of the molecule is Cc1c(F)c(C(C)(F)F)c(F)c(CC#N)c1C#N. The van der Waals surface area contributed by atoms with Crippen LogP contribution in [0.4, 0.5) is 17.6 Å². The van der Waals surface area contributed by atoms with Crippen molar-refractivity contribution in [3.63, 3.8) is 0 Å². The van der Waals surface area contributed by atoms with Crippen LogP contribution in [-0.2, 0) is 12.3 Å². The third-order valence-corrected chi connectivity index (χ3v) is 2.52. The van der Waals surface area contributed by atoms with E-state index in [0.717, 1.165) is 6.92 Å². The Labute approximate surface area is 101 Å². The zero-order valence-corrected chi connectivity index (χ0v) is 9.61. The lowest BCUT2D eigenvalue weighted by molar-refractivity contribution is 0.00953. The lowest BCUT2D eigenvalue weighted by Gasteiger charge is -2.17. The number of halogens is 4. The molecule has 0 radical (unpaired) electrons. The Kier molecular flexibility index (Phi) is 3.62. The Bertz CT molecular complexity index is 574. The summed E-state index contributed by atoms with van der Waals surface area (Å²) >= 11 is 0. The molecule has 0 heterocycles. The van der Waals surface area contributed by atoms with E-state index in [0.29, 0.717) is 6.92 Å². The summed E-state index contributed by atoms with van der Waals surface area (Å²) in [5.41, 5.74) is -2.67. The van der Waals surface area contributed by atoms with Crippen molar-refractivity contribution < 1.29 is 17.6 Å². The number of alkyl halides is 2. The lowest BCUT2D eigenvalue weighted by atomic mass is 9.93. The highest BCUT2D eigenvalue weighted by atomic mass is 19.3. The van der Waals surface area contributed by atoms with E-state index in [1.165, 1.54) is 6.07 Å². The van der Waals surface area contributed by atoms with Crippen LogP contribution >= 0.6 is 0 Å². The van der Waals surface area contributed by atoms with Crippen molar-refractivity contribution in [3.8, 4) is 12.1 Å². The van der Waals surface area contributed by atoms with Crippen LogP contribution in [0.2, 0.25) is 0 Å². The van der Waals surface area contributed by atoms with Gasteiger partial charge in [-0.1, -0.05) is 0 Å². The molecule has 0 spiro atoms. The Hall–Kier alpha value is -2.08. The second-order valence-electron chi connectivity index (χ2n) is 3.82. The molecule has 0 fully saturated rings. The van der Waals surface area contributed by atoms with E-state index in [9.17, 15) is 17.6 Å². The molecule has 0 bridgehead atoms. The van der Waals surface area contributed by atoms with Gasteiger partial charge in [-0.2, -0.15) is 10.5 Å². The molecule has 0 amide bonds. The number of benzene rings is 1. The van der Waals surface area contributed by atoms with Crippen molar-refractivity contribution in [2.75, 3.05) is 0 Å². The number of nitriles is 2. The average molecular weight is 256 g/mol. The van der Waals surface area contributed by atoms with Gasteiger partial charge in [0.05, 0.1) is 29.7 Å². The van der Waals surface area contributed by atoms with Gasteiger partial charge in [0.1, 0.15) is 11.6 Å². The first-order valence-electron chi connectivity index (χ1n) is 4.91. The normalized spacial score (nSPS) is 10.9. The smallest absolute Gasteiger partial charge is 0.206 e. The largest absolute Gasteiger partial charge is 0.276 e. The second-order valence-corrected chi connectivity index (χ2v) is 3.82. The van der Waals surface area contributed by atoms with Gasteiger partial charge in [-0.25, -0.2) is 17.6 Å². The zero-order chi connectivity index (χ0) is 14.1. The Balaban J connectivity index is 3.81. The fraction of sp³-hybridized carbons (Fsp3) is 0.333. The third kappa shape index (κ3) is 2.14. The molecule has 0 saturated carbocycles. The zero-order valence-electron chi connectivity index (χ0n) is 9.61. The van der Waals surface area contributed by atoms with Crippen LogP contribution < -0.4 is 0 Å². The molecule has 0 atom stereocenters. The highest BCUT2D eigenvalue weighted by molar-refractivity contribution is 5.50. The Morgan fingerprint density at radius 1 is 1.17 bits per heavy atom. The molecular formula is C12H8F4N2. The Morgan fingerprint density at radius 3 is 2.11 bits per heavy atom. The van der Waals surface area contributed by atoms with Crippen LogP contribution in [0.3, 0.4) is 0 Å². The second kappa shape index (κ2) is 4.66. The van der Waals surface area contributed by atoms with Crippen molar-refractivity contribution in [2.45, 2.75) is 26.2 Å². The number of hydrogen-bond donors (Lipinski definition) is 0. The van der Waals surface area contributed by atoms with E-state index >= 15 is 0 Å². The standard InChI is InChI=1S/C12H8F4N2/c1-6-8(5-18)7(3-4-17)11(14)9(10(6)13)12(2,15)16/h3H2,1-2H3. The van der Waals surface area contributed by atoms with Crippen LogP contribution in [0, 0.1) is 41.2 Å². The van der Waals surface area contributed by atoms with Crippen LogP contribution in [0.1, 0.15) is 29.2 Å². The van der Waals surface area contributed by atoms with Crippen molar-refractivity contribution in [3.05, 3.63) is 33.9 Å². The van der Waals surface area contributed by atoms with E-state index in [4.69, 9.17) is 10.5 Å². The summed E-state index contributed by atoms with van der Waals surface area (Å²) < 4.78 is 53.8. The van der Waals surface area contributed by atoms with E-state index in [1.54, 1.807) is 6.07 Å². The minimum atomic E-state index is -3.73. The molecule has 0 unspecified atom stereocenters. The monoisotopic (exact) mass is 256 g/mol. The minimum Gasteiger partial charge on any atom is -0.206 e. The molecule has 2 nitrogen and oxygen atoms in total. The molecule has 6 heteroatoms. The highest BCUT2D eigenvalue weighted by Gasteiger charge is 2.36. The number of rotatable bonds is 2. The minimum absolute atomic E-state index is 0.357. The first-order valence-corrected chi connectivity index (χ1v) is 4.91. The van der Waals surface area contributed by atoms with Gasteiger partial charge in [0, 0.05) is 18.1 Å². The maximum Gasteiger partial charge on any atom is 0.276 e. The fourth-order valence-corrected chi connectivity index (χ4v) is 1.66. The summed E-state index contributed by atoms with van der Waals surface area (Å²) in [6.07, 6.45) is -0.571. The van der Waals surface area contributed by atoms with Crippen molar-refractivity contribution in [1.29, 1.82) is 10.5 Å².